The number of hydrogen-bond acceptors (Lipinski definition) is 4. The minimum atomic E-state index is 0.0668. The van der Waals surface area contributed by atoms with Crippen LogP contribution in [0.3, 0.4) is 0 Å². The molecular formula is C24H24Cl2N4O. The fraction of sp³-hybridized carbons (Fsp3) is 0.333. The molecule has 31 heavy (non-hydrogen) atoms. The fourth-order valence-electron chi connectivity index (χ4n) is 4.65. The number of aliphatic hydroxyl groups is 1. The van der Waals surface area contributed by atoms with Crippen LogP contribution in [-0.2, 0) is 6.54 Å². The number of hydrogen-bond donors (Lipinski definition) is 2. The molecule has 1 fully saturated rings. The summed E-state index contributed by atoms with van der Waals surface area (Å²) in [7, 11) is 0. The van der Waals surface area contributed by atoms with Crippen LogP contribution in [-0.4, -0.2) is 26.2 Å². The molecule has 7 heteroatoms. The van der Waals surface area contributed by atoms with Gasteiger partial charge in [0.15, 0.2) is 5.82 Å². The molecule has 2 heterocycles. The standard InChI is InChI=1S/C24H24Cl2N4O/c25-18-11-10-16(14-19(18)26)27-23-21-22(17-8-4-5-9-20(17)28-23)30(12-13-31)24(29-21)15-6-2-1-3-7-15/h4-5,8-11,14-15,31H,1-3,6-7,12-13H2,(H,27,28). The van der Waals surface area contributed by atoms with E-state index in [9.17, 15) is 5.11 Å². The molecule has 2 aromatic heterocycles. The molecule has 1 aliphatic carbocycles. The van der Waals surface area contributed by atoms with Gasteiger partial charge in [-0.15, -0.1) is 0 Å². The lowest BCUT2D eigenvalue weighted by atomic mass is 9.88. The van der Waals surface area contributed by atoms with E-state index in [0.29, 0.717) is 28.3 Å². The lowest BCUT2D eigenvalue weighted by molar-refractivity contribution is 0.273. The zero-order valence-corrected chi connectivity index (χ0v) is 18.6. The van der Waals surface area contributed by atoms with E-state index in [1.54, 1.807) is 12.1 Å². The summed E-state index contributed by atoms with van der Waals surface area (Å²) in [6.07, 6.45) is 6.00. The van der Waals surface area contributed by atoms with Crippen molar-refractivity contribution in [2.45, 2.75) is 44.6 Å². The third-order valence-electron chi connectivity index (χ3n) is 6.09. The van der Waals surface area contributed by atoms with Gasteiger partial charge in [0.25, 0.3) is 0 Å². The van der Waals surface area contributed by atoms with Crippen molar-refractivity contribution in [1.29, 1.82) is 0 Å². The van der Waals surface area contributed by atoms with Crippen molar-refractivity contribution < 1.29 is 5.11 Å². The first-order valence-corrected chi connectivity index (χ1v) is 11.5. The Morgan fingerprint density at radius 2 is 1.81 bits per heavy atom. The molecule has 160 valence electrons. The first kappa shape index (κ1) is 20.6. The molecule has 1 aliphatic rings. The van der Waals surface area contributed by atoms with Crippen LogP contribution in [0.4, 0.5) is 11.5 Å². The molecule has 1 saturated carbocycles. The highest BCUT2D eigenvalue weighted by atomic mass is 35.5. The Hall–Kier alpha value is -2.34. The number of para-hydroxylation sites is 1. The topological polar surface area (TPSA) is 63.0 Å². The van der Waals surface area contributed by atoms with Gasteiger partial charge < -0.3 is 15.0 Å². The molecule has 0 atom stereocenters. The Morgan fingerprint density at radius 1 is 1.00 bits per heavy atom. The van der Waals surface area contributed by atoms with Crippen LogP contribution in [0.1, 0.15) is 43.8 Å². The van der Waals surface area contributed by atoms with E-state index < -0.39 is 0 Å². The maximum atomic E-state index is 9.85. The number of nitrogens with zero attached hydrogens (tertiary/aromatic N) is 3. The predicted molar refractivity (Wildman–Crippen MR) is 128 cm³/mol. The SMILES string of the molecule is OCCn1c(C2CCCCC2)nc2c(Nc3ccc(Cl)c(Cl)c3)nc3ccccc3c21. The normalized spacial score (nSPS) is 15.1. The van der Waals surface area contributed by atoms with Crippen LogP contribution in [0.2, 0.25) is 10.0 Å². The molecule has 5 rings (SSSR count). The van der Waals surface area contributed by atoms with Crippen molar-refractivity contribution in [2.75, 3.05) is 11.9 Å². The summed E-state index contributed by atoms with van der Waals surface area (Å²) < 4.78 is 2.20. The molecule has 0 spiro atoms. The molecule has 5 nitrogen and oxygen atoms in total. The summed E-state index contributed by atoms with van der Waals surface area (Å²) >= 11 is 12.3. The van der Waals surface area contributed by atoms with Crippen molar-refractivity contribution in [3.05, 3.63) is 58.3 Å². The van der Waals surface area contributed by atoms with Crippen molar-refractivity contribution in [1.82, 2.24) is 14.5 Å². The summed E-state index contributed by atoms with van der Waals surface area (Å²) in [6.45, 7) is 0.583. The van der Waals surface area contributed by atoms with Gasteiger partial charge in [0.2, 0.25) is 0 Å². The molecule has 0 unspecified atom stereocenters. The molecule has 4 aromatic rings. The molecule has 0 radical (unpaired) electrons. The molecule has 0 saturated heterocycles. The quantitative estimate of drug-likeness (QED) is 0.353. The summed E-state index contributed by atoms with van der Waals surface area (Å²) in [5.41, 5.74) is 3.52. The molecule has 2 N–H and O–H groups in total. The van der Waals surface area contributed by atoms with Gasteiger partial charge in [0.05, 0.1) is 27.7 Å². The van der Waals surface area contributed by atoms with Gasteiger partial charge in [-0.05, 0) is 37.1 Å². The summed E-state index contributed by atoms with van der Waals surface area (Å²) in [6, 6.07) is 13.5. The van der Waals surface area contributed by atoms with Gasteiger partial charge in [0, 0.05) is 23.5 Å². The van der Waals surface area contributed by atoms with Crippen LogP contribution in [0.15, 0.2) is 42.5 Å². The van der Waals surface area contributed by atoms with Crippen molar-refractivity contribution >= 4 is 56.6 Å². The Morgan fingerprint density at radius 3 is 2.58 bits per heavy atom. The Kier molecular flexibility index (Phi) is 5.74. The number of aliphatic hydroxyl groups excluding tert-OH is 1. The molecular weight excluding hydrogens is 431 g/mol. The maximum Gasteiger partial charge on any atom is 0.159 e. The molecule has 0 aliphatic heterocycles. The van der Waals surface area contributed by atoms with Crippen LogP contribution >= 0.6 is 23.2 Å². The second-order valence-electron chi connectivity index (χ2n) is 8.11. The second-order valence-corrected chi connectivity index (χ2v) is 8.92. The van der Waals surface area contributed by atoms with E-state index in [0.717, 1.165) is 46.3 Å². The summed E-state index contributed by atoms with van der Waals surface area (Å²) in [4.78, 5) is 9.99. The first-order valence-electron chi connectivity index (χ1n) is 10.8. The highest BCUT2D eigenvalue weighted by Gasteiger charge is 2.25. The van der Waals surface area contributed by atoms with E-state index >= 15 is 0 Å². The highest BCUT2D eigenvalue weighted by Crippen LogP contribution is 2.38. The number of rotatable bonds is 5. The number of fused-ring (bicyclic) bond motifs is 3. The minimum Gasteiger partial charge on any atom is -0.395 e. The van der Waals surface area contributed by atoms with E-state index in [1.807, 2.05) is 24.3 Å². The average Bonchev–Trinajstić information content (AvgIpc) is 3.17. The van der Waals surface area contributed by atoms with Gasteiger partial charge in [0.1, 0.15) is 11.3 Å². The van der Waals surface area contributed by atoms with Crippen molar-refractivity contribution in [3.8, 4) is 0 Å². The number of aromatic nitrogens is 3. The third-order valence-corrected chi connectivity index (χ3v) is 6.83. The first-order chi connectivity index (χ1) is 15.2. The van der Waals surface area contributed by atoms with Gasteiger partial charge in [-0.3, -0.25) is 0 Å². The van der Waals surface area contributed by atoms with Crippen LogP contribution in [0, 0.1) is 0 Å². The van der Waals surface area contributed by atoms with Crippen molar-refractivity contribution in [3.63, 3.8) is 0 Å². The molecule has 0 bridgehead atoms. The Labute approximate surface area is 191 Å². The van der Waals surface area contributed by atoms with E-state index in [1.165, 1.54) is 19.3 Å². The van der Waals surface area contributed by atoms with Crippen molar-refractivity contribution in [2.24, 2.45) is 0 Å². The van der Waals surface area contributed by atoms with E-state index in [-0.39, 0.29) is 6.61 Å². The molecule has 2 aromatic carbocycles. The number of nitrogens with one attached hydrogen (secondary N) is 1. The van der Waals surface area contributed by atoms with Gasteiger partial charge in [-0.2, -0.15) is 0 Å². The fourth-order valence-corrected chi connectivity index (χ4v) is 4.95. The highest BCUT2D eigenvalue weighted by molar-refractivity contribution is 6.42. The zero-order valence-electron chi connectivity index (χ0n) is 17.1. The zero-order chi connectivity index (χ0) is 21.4. The van der Waals surface area contributed by atoms with Gasteiger partial charge in [-0.1, -0.05) is 60.7 Å². The largest absolute Gasteiger partial charge is 0.395 e. The predicted octanol–water partition coefficient (Wildman–Crippen LogP) is 6.67. The lowest BCUT2D eigenvalue weighted by Gasteiger charge is -2.22. The molecule has 0 amide bonds. The average molecular weight is 455 g/mol. The number of anilines is 2. The third kappa shape index (κ3) is 3.86. The van der Waals surface area contributed by atoms with E-state index in [4.69, 9.17) is 33.2 Å². The second kappa shape index (κ2) is 8.65. The van der Waals surface area contributed by atoms with E-state index in [2.05, 4.69) is 16.0 Å². The Balaban J connectivity index is 1.73. The lowest BCUT2D eigenvalue weighted by Crippen LogP contribution is -2.14. The van der Waals surface area contributed by atoms with Crippen LogP contribution < -0.4 is 5.32 Å². The number of benzene rings is 2. The number of halogens is 2. The minimum absolute atomic E-state index is 0.0668. The summed E-state index contributed by atoms with van der Waals surface area (Å²) in [5.74, 6) is 2.14. The maximum absolute atomic E-state index is 9.85. The van der Waals surface area contributed by atoms with Gasteiger partial charge >= 0.3 is 0 Å². The van der Waals surface area contributed by atoms with Gasteiger partial charge in [-0.25, -0.2) is 9.97 Å². The number of pyridine rings is 1. The number of imidazole rings is 1. The summed E-state index contributed by atoms with van der Waals surface area (Å²) in [5, 5.41) is 15.3. The van der Waals surface area contributed by atoms with Crippen LogP contribution in [0.25, 0.3) is 21.9 Å². The monoisotopic (exact) mass is 454 g/mol. The smallest absolute Gasteiger partial charge is 0.159 e. The van der Waals surface area contributed by atoms with Crippen LogP contribution in [0.5, 0.6) is 0 Å². The Bertz CT molecular complexity index is 1250.